The van der Waals surface area contributed by atoms with Crippen molar-refractivity contribution in [2.45, 2.75) is 25.7 Å². The fourth-order valence-electron chi connectivity index (χ4n) is 1.29. The largest absolute Gasteiger partial charge is 0.368 e. The van der Waals surface area contributed by atoms with Crippen LogP contribution in [0.3, 0.4) is 0 Å². The van der Waals surface area contributed by atoms with Gasteiger partial charge in [-0.2, -0.15) is 0 Å². The monoisotopic (exact) mass is 184 g/mol. The third kappa shape index (κ3) is 1.66. The lowest BCUT2D eigenvalue weighted by Crippen LogP contribution is -2.19. The first-order valence-electron chi connectivity index (χ1n) is 4.11. The molecule has 1 fully saturated rings. The Morgan fingerprint density at radius 2 is 2.38 bits per heavy atom. The number of rotatable bonds is 1. The predicted octanol–water partition coefficient (Wildman–Crippen LogP) is 1.08. The minimum Gasteiger partial charge on any atom is -0.368 e. The van der Waals surface area contributed by atoms with Gasteiger partial charge in [-0.15, -0.1) is 0 Å². The second-order valence-electron chi connectivity index (χ2n) is 3.47. The van der Waals surface area contributed by atoms with Gasteiger partial charge in [-0.25, -0.2) is 0 Å². The van der Waals surface area contributed by atoms with Gasteiger partial charge in [-0.05, 0) is 13.8 Å². The molecule has 2 N–H and O–H groups in total. The second kappa shape index (κ2) is 2.71. The van der Waals surface area contributed by atoms with Gasteiger partial charge in [0.15, 0.2) is 5.79 Å². The highest BCUT2D eigenvalue weighted by molar-refractivity contribution is 5.25. The summed E-state index contributed by atoms with van der Waals surface area (Å²) in [4.78, 5) is 0. The van der Waals surface area contributed by atoms with Crippen molar-refractivity contribution < 1.29 is 14.0 Å². The number of nitrogen functional groups attached to an aromatic ring is 1. The summed E-state index contributed by atoms with van der Waals surface area (Å²) in [5.74, 6) is -0.249. The highest BCUT2D eigenvalue weighted by atomic mass is 16.7. The molecule has 0 aliphatic carbocycles. The minimum absolute atomic E-state index is 0.170. The van der Waals surface area contributed by atoms with Crippen LogP contribution in [-0.4, -0.2) is 17.6 Å². The number of nitrogens with two attached hydrogens (primary N) is 1. The van der Waals surface area contributed by atoms with E-state index >= 15 is 0 Å². The van der Waals surface area contributed by atoms with E-state index in [4.69, 9.17) is 19.7 Å². The smallest absolute Gasteiger partial charge is 0.222 e. The van der Waals surface area contributed by atoms with E-state index in [0.717, 1.165) is 0 Å². The summed E-state index contributed by atoms with van der Waals surface area (Å²) in [5, 5.41) is 3.76. The van der Waals surface area contributed by atoms with Gasteiger partial charge in [0.1, 0.15) is 11.8 Å². The van der Waals surface area contributed by atoms with Crippen LogP contribution in [-0.2, 0) is 9.47 Å². The van der Waals surface area contributed by atoms with Crippen LogP contribution in [0.15, 0.2) is 10.6 Å². The summed E-state index contributed by atoms with van der Waals surface area (Å²) in [7, 11) is 0. The van der Waals surface area contributed by atoms with Crippen molar-refractivity contribution in [3.05, 3.63) is 11.8 Å². The molecule has 72 valence electrons. The first-order valence-corrected chi connectivity index (χ1v) is 4.11. The van der Waals surface area contributed by atoms with Gasteiger partial charge in [-0.1, -0.05) is 5.16 Å². The molecule has 0 spiro atoms. The molecule has 5 nitrogen and oxygen atoms in total. The molecule has 0 radical (unpaired) electrons. The second-order valence-corrected chi connectivity index (χ2v) is 3.47. The Morgan fingerprint density at radius 3 is 2.85 bits per heavy atom. The number of anilines is 1. The summed E-state index contributed by atoms with van der Waals surface area (Å²) >= 11 is 0. The Kier molecular flexibility index (Phi) is 1.78. The van der Waals surface area contributed by atoms with Gasteiger partial charge in [-0.3, -0.25) is 0 Å². The Labute approximate surface area is 75.8 Å². The number of nitrogens with zero attached hydrogens (tertiary/aromatic N) is 1. The van der Waals surface area contributed by atoms with E-state index in [9.17, 15) is 0 Å². The predicted molar refractivity (Wildman–Crippen MR) is 44.8 cm³/mol. The highest BCUT2D eigenvalue weighted by Gasteiger charge is 2.35. The maximum Gasteiger partial charge on any atom is 0.222 e. The SMILES string of the molecule is CC1(C)OCC(c2cc(N)on2)O1. The summed E-state index contributed by atoms with van der Waals surface area (Å²) in [6.45, 7) is 4.20. The highest BCUT2D eigenvalue weighted by Crippen LogP contribution is 2.32. The minimum atomic E-state index is -0.543. The normalized spacial score (nSPS) is 26.5. The zero-order chi connectivity index (χ0) is 9.47. The maximum absolute atomic E-state index is 5.55. The Balaban J connectivity index is 2.12. The lowest BCUT2D eigenvalue weighted by Gasteiger charge is -2.15. The third-order valence-electron chi connectivity index (χ3n) is 1.88. The number of hydrogen-bond donors (Lipinski definition) is 1. The van der Waals surface area contributed by atoms with Crippen LogP contribution in [0.2, 0.25) is 0 Å². The van der Waals surface area contributed by atoms with Crippen molar-refractivity contribution in [1.82, 2.24) is 5.16 Å². The van der Waals surface area contributed by atoms with Gasteiger partial charge in [0.25, 0.3) is 0 Å². The molecule has 1 aromatic rings. The van der Waals surface area contributed by atoms with E-state index in [0.29, 0.717) is 18.2 Å². The van der Waals surface area contributed by atoms with Crippen molar-refractivity contribution in [2.24, 2.45) is 0 Å². The molecule has 1 aromatic heterocycles. The molecule has 0 amide bonds. The molecule has 2 rings (SSSR count). The number of ether oxygens (including phenoxy) is 2. The van der Waals surface area contributed by atoms with E-state index < -0.39 is 5.79 Å². The molecular formula is C8H12N2O3. The van der Waals surface area contributed by atoms with Crippen LogP contribution < -0.4 is 5.73 Å². The van der Waals surface area contributed by atoms with Gasteiger partial charge in [0.05, 0.1) is 6.61 Å². The average Bonchev–Trinajstić information content (AvgIpc) is 2.56. The van der Waals surface area contributed by atoms with E-state index in [1.54, 1.807) is 6.07 Å². The van der Waals surface area contributed by atoms with Crippen LogP contribution in [0.1, 0.15) is 25.6 Å². The summed E-state index contributed by atoms with van der Waals surface area (Å²) in [6.07, 6.45) is -0.170. The van der Waals surface area contributed by atoms with Crippen LogP contribution in [0, 0.1) is 0 Å². The average molecular weight is 184 g/mol. The van der Waals surface area contributed by atoms with E-state index in [1.165, 1.54) is 0 Å². The lowest BCUT2D eigenvalue weighted by atomic mass is 10.3. The van der Waals surface area contributed by atoms with E-state index in [-0.39, 0.29) is 6.10 Å². The summed E-state index contributed by atoms with van der Waals surface area (Å²) in [5.41, 5.74) is 6.07. The molecule has 1 atom stereocenters. The molecule has 0 aromatic carbocycles. The van der Waals surface area contributed by atoms with Crippen LogP contribution in [0.25, 0.3) is 0 Å². The topological polar surface area (TPSA) is 70.5 Å². The quantitative estimate of drug-likeness (QED) is 0.707. The van der Waals surface area contributed by atoms with Crippen molar-refractivity contribution >= 4 is 5.88 Å². The van der Waals surface area contributed by atoms with Crippen molar-refractivity contribution in [2.75, 3.05) is 12.3 Å². The Morgan fingerprint density at radius 1 is 1.62 bits per heavy atom. The molecule has 1 aliphatic heterocycles. The van der Waals surface area contributed by atoms with Gasteiger partial charge in [0, 0.05) is 6.07 Å². The van der Waals surface area contributed by atoms with Gasteiger partial charge < -0.3 is 19.7 Å². The summed E-state index contributed by atoms with van der Waals surface area (Å²) < 4.78 is 15.7. The fourth-order valence-corrected chi connectivity index (χ4v) is 1.29. The molecule has 1 unspecified atom stereocenters. The van der Waals surface area contributed by atoms with Gasteiger partial charge in [0.2, 0.25) is 5.88 Å². The molecule has 1 saturated heterocycles. The van der Waals surface area contributed by atoms with E-state index in [2.05, 4.69) is 5.16 Å². The first kappa shape index (κ1) is 8.52. The molecule has 5 heteroatoms. The van der Waals surface area contributed by atoms with Crippen LogP contribution in [0.5, 0.6) is 0 Å². The molecule has 0 bridgehead atoms. The number of hydrogen-bond acceptors (Lipinski definition) is 5. The lowest BCUT2D eigenvalue weighted by molar-refractivity contribution is -0.139. The Bertz CT molecular complexity index is 308. The Hall–Kier alpha value is -1.07. The first-order chi connectivity index (χ1) is 6.07. The molecule has 0 saturated carbocycles. The van der Waals surface area contributed by atoms with E-state index in [1.807, 2.05) is 13.8 Å². The van der Waals surface area contributed by atoms with Gasteiger partial charge >= 0.3 is 0 Å². The number of aromatic nitrogens is 1. The maximum atomic E-state index is 5.55. The van der Waals surface area contributed by atoms with Crippen molar-refractivity contribution in [3.63, 3.8) is 0 Å². The van der Waals surface area contributed by atoms with Crippen LogP contribution >= 0.6 is 0 Å². The molecule has 2 heterocycles. The molecular weight excluding hydrogens is 172 g/mol. The van der Waals surface area contributed by atoms with Crippen LogP contribution in [0.4, 0.5) is 5.88 Å². The zero-order valence-electron chi connectivity index (χ0n) is 7.61. The van der Waals surface area contributed by atoms with Crippen molar-refractivity contribution in [3.8, 4) is 0 Å². The van der Waals surface area contributed by atoms with Crippen molar-refractivity contribution in [1.29, 1.82) is 0 Å². The zero-order valence-corrected chi connectivity index (χ0v) is 7.61. The fraction of sp³-hybridized carbons (Fsp3) is 0.625. The standard InChI is InChI=1S/C8H12N2O3/c1-8(2)11-4-6(12-8)5-3-7(9)13-10-5/h3,6H,4,9H2,1-2H3. The molecule has 1 aliphatic rings. The third-order valence-corrected chi connectivity index (χ3v) is 1.88. The molecule has 13 heavy (non-hydrogen) atoms. The summed E-state index contributed by atoms with van der Waals surface area (Å²) in [6, 6.07) is 1.65.